The number of pyridine rings is 1. The second kappa shape index (κ2) is 18.1. The highest BCUT2D eigenvalue weighted by Gasteiger charge is 2.42. The zero-order chi connectivity index (χ0) is 39.3. The summed E-state index contributed by atoms with van der Waals surface area (Å²) >= 11 is 14.0. The van der Waals surface area contributed by atoms with E-state index in [0.717, 1.165) is 35.2 Å². The molecule has 55 heavy (non-hydrogen) atoms. The molecule has 0 bridgehead atoms. The average Bonchev–Trinajstić information content (AvgIpc) is 3.83. The van der Waals surface area contributed by atoms with Gasteiger partial charge < -0.3 is 18.9 Å². The van der Waals surface area contributed by atoms with Crippen molar-refractivity contribution in [2.75, 3.05) is 68.9 Å². The Hall–Kier alpha value is -2.97. The number of nitrogens with one attached hydrogen (secondary N) is 1. The van der Waals surface area contributed by atoms with Gasteiger partial charge in [0, 0.05) is 50.5 Å². The fourth-order valence-corrected chi connectivity index (χ4v) is 10.7. The monoisotopic (exact) mass is 865 g/mol. The average molecular weight is 867 g/mol. The van der Waals surface area contributed by atoms with Gasteiger partial charge in [0.1, 0.15) is 16.1 Å². The van der Waals surface area contributed by atoms with Crippen LogP contribution in [0.25, 0.3) is 0 Å². The largest absolute Gasteiger partial charge is 0.489 e. The minimum Gasteiger partial charge on any atom is -0.489 e. The van der Waals surface area contributed by atoms with Crippen LogP contribution < -0.4 is 18.8 Å². The highest BCUT2D eigenvalue weighted by molar-refractivity contribution is 8.02. The molecule has 0 radical (unpaired) electrons. The summed E-state index contributed by atoms with van der Waals surface area (Å²) in [5.41, 5.74) is 1.06. The van der Waals surface area contributed by atoms with E-state index in [1.807, 2.05) is 0 Å². The minimum atomic E-state index is -4.28. The Morgan fingerprint density at radius 1 is 1.02 bits per heavy atom. The van der Waals surface area contributed by atoms with Crippen molar-refractivity contribution in [1.82, 2.24) is 9.21 Å². The number of rotatable bonds is 17. The van der Waals surface area contributed by atoms with Crippen LogP contribution in [-0.4, -0.2) is 109 Å². The third-order valence-corrected chi connectivity index (χ3v) is 14.3. The number of H-pyrrole nitrogens is 1. The van der Waals surface area contributed by atoms with E-state index in [0.29, 0.717) is 49.7 Å². The summed E-state index contributed by atoms with van der Waals surface area (Å²) in [5.74, 6) is -0.459. The van der Waals surface area contributed by atoms with E-state index in [2.05, 4.69) is 9.88 Å². The van der Waals surface area contributed by atoms with Gasteiger partial charge in [0.15, 0.2) is 29.3 Å². The topological polar surface area (TPSA) is 146 Å². The highest BCUT2D eigenvalue weighted by Crippen LogP contribution is 2.39. The SMILES string of the molecule is CS(=O)(=O)N(CCN1CCOCC1)c1ccc(S(=O)(=O)N2CCSC2C(=O)O[C@@H](Cc2c(Cl)c[nH+]cc2Cl)c2ccc(OC(F)F)c(OCC3CC3)c2)cc1. The molecular weight excluding hydrogens is 826 g/mol. The first-order valence-electron chi connectivity index (χ1n) is 17.5. The maximum Gasteiger partial charge on any atom is 0.387 e. The maximum atomic E-state index is 14.0. The fraction of sp³-hybridized carbons (Fsp3) is 0.486. The van der Waals surface area contributed by atoms with Crippen LogP contribution >= 0.6 is 35.0 Å². The molecule has 20 heteroatoms. The summed E-state index contributed by atoms with van der Waals surface area (Å²) in [7, 11) is -7.97. The van der Waals surface area contributed by atoms with E-state index < -0.39 is 44.1 Å². The molecule has 1 unspecified atom stereocenters. The Kier molecular flexibility index (Phi) is 13.7. The van der Waals surface area contributed by atoms with Crippen molar-refractivity contribution in [1.29, 1.82) is 0 Å². The second-order valence-electron chi connectivity index (χ2n) is 13.2. The standard InChI is InChI=1S/C35H40Cl2F2N4O9S3/c1-54(45,46)42(11-10-41-12-15-49-16-13-41)25-5-7-26(8-6-25)55(47,48)43-14-17-53-33(43)34(44)51-31(19-27-28(36)20-40-21-29(27)37)24-4-9-30(52-35(38)39)32(18-24)50-22-23-2-3-23/h4-9,18,20-21,23,31,33,35H,2-3,10-17,19,22H2,1H3/p+1/t31-,33?/m0/s1. The van der Waals surface area contributed by atoms with E-state index in [9.17, 15) is 30.4 Å². The molecule has 0 amide bonds. The van der Waals surface area contributed by atoms with Gasteiger partial charge in [0.2, 0.25) is 20.0 Å². The number of anilines is 1. The third-order valence-electron chi connectivity index (χ3n) is 9.28. The van der Waals surface area contributed by atoms with Crippen LogP contribution in [0.1, 0.15) is 30.1 Å². The number of hydrogen-bond acceptors (Lipinski definition) is 11. The van der Waals surface area contributed by atoms with E-state index in [1.54, 1.807) is 0 Å². The number of ether oxygens (including phenoxy) is 4. The lowest BCUT2D eigenvalue weighted by atomic mass is 10.0. The molecule has 2 aliphatic heterocycles. The number of aromatic amines is 1. The van der Waals surface area contributed by atoms with Gasteiger partial charge in [-0.3, -0.25) is 9.21 Å². The number of sulfonamides is 2. The summed E-state index contributed by atoms with van der Waals surface area (Å²) in [4.78, 5) is 18.8. The zero-order valence-corrected chi connectivity index (χ0v) is 33.7. The summed E-state index contributed by atoms with van der Waals surface area (Å²) in [5, 5.41) is -0.792. The lowest BCUT2D eigenvalue weighted by molar-refractivity contribution is -0.377. The number of aromatic nitrogens is 1. The molecule has 3 aromatic rings. The van der Waals surface area contributed by atoms with Gasteiger partial charge in [-0.2, -0.15) is 13.1 Å². The highest BCUT2D eigenvalue weighted by atomic mass is 35.5. The van der Waals surface area contributed by atoms with Crippen molar-refractivity contribution in [2.24, 2.45) is 5.92 Å². The Morgan fingerprint density at radius 3 is 2.35 bits per heavy atom. The molecule has 1 aliphatic carbocycles. The van der Waals surface area contributed by atoms with Crippen LogP contribution in [0.3, 0.4) is 0 Å². The van der Waals surface area contributed by atoms with Crippen LogP contribution in [0.4, 0.5) is 14.5 Å². The first-order valence-corrected chi connectivity index (χ1v) is 22.6. The molecule has 3 heterocycles. The number of morpholine rings is 1. The fourth-order valence-electron chi connectivity index (χ4n) is 6.16. The lowest BCUT2D eigenvalue weighted by Crippen LogP contribution is -2.43. The van der Waals surface area contributed by atoms with Crippen LogP contribution in [0.2, 0.25) is 10.0 Å². The molecule has 1 N–H and O–H groups in total. The van der Waals surface area contributed by atoms with Crippen molar-refractivity contribution in [3.63, 3.8) is 0 Å². The zero-order valence-electron chi connectivity index (χ0n) is 29.7. The van der Waals surface area contributed by atoms with Gasteiger partial charge in [-0.05, 0) is 60.7 Å². The summed E-state index contributed by atoms with van der Waals surface area (Å²) in [6, 6.07) is 9.68. The third kappa shape index (κ3) is 10.7. The molecule has 13 nitrogen and oxygen atoms in total. The minimum absolute atomic E-state index is 0.000800. The van der Waals surface area contributed by atoms with Gasteiger partial charge in [-0.1, -0.05) is 29.3 Å². The van der Waals surface area contributed by atoms with E-state index in [-0.39, 0.29) is 64.2 Å². The van der Waals surface area contributed by atoms with E-state index in [4.69, 9.17) is 42.1 Å². The van der Waals surface area contributed by atoms with Crippen molar-refractivity contribution in [3.8, 4) is 11.5 Å². The Balaban J connectivity index is 1.23. The quantitative estimate of drug-likeness (QED) is 0.171. The first kappa shape index (κ1) is 41.7. The maximum absolute atomic E-state index is 14.0. The number of nitrogens with zero attached hydrogens (tertiary/aromatic N) is 3. The van der Waals surface area contributed by atoms with E-state index in [1.165, 1.54) is 59.2 Å². The Bertz CT molecular complexity index is 2020. The predicted octanol–water partition coefficient (Wildman–Crippen LogP) is 4.89. The molecule has 0 spiro atoms. The predicted molar refractivity (Wildman–Crippen MR) is 203 cm³/mol. The number of carbonyl (C=O) groups excluding carboxylic acids is 1. The molecule has 3 fully saturated rings. The van der Waals surface area contributed by atoms with Gasteiger partial charge in [-0.25, -0.2) is 26.6 Å². The number of esters is 1. The van der Waals surface area contributed by atoms with Crippen LogP contribution in [-0.2, 0) is 40.7 Å². The number of halogens is 4. The molecule has 2 aromatic carbocycles. The molecule has 6 rings (SSSR count). The van der Waals surface area contributed by atoms with Gasteiger partial charge >= 0.3 is 12.6 Å². The lowest BCUT2D eigenvalue weighted by Gasteiger charge is -2.30. The Labute approximate surface area is 333 Å². The number of thioether (sulfide) groups is 1. The molecule has 1 saturated carbocycles. The molecule has 2 saturated heterocycles. The normalized spacial score (nSPS) is 19.0. The molecule has 1 aromatic heterocycles. The Morgan fingerprint density at radius 2 is 1.71 bits per heavy atom. The van der Waals surface area contributed by atoms with E-state index >= 15 is 0 Å². The summed E-state index contributed by atoms with van der Waals surface area (Å²) in [6.45, 7) is 0.288. The molecule has 2 atom stereocenters. The number of alkyl halides is 2. The van der Waals surface area contributed by atoms with Crippen molar-refractivity contribution in [2.45, 2.75) is 42.2 Å². The molecule has 3 aliphatic rings. The molecular formula is C35H41Cl2F2N4O9S3+. The first-order chi connectivity index (χ1) is 26.2. The van der Waals surface area contributed by atoms with Crippen LogP contribution in [0, 0.1) is 5.92 Å². The van der Waals surface area contributed by atoms with Crippen molar-refractivity contribution < 1.29 is 54.3 Å². The van der Waals surface area contributed by atoms with Crippen molar-refractivity contribution >= 4 is 66.7 Å². The van der Waals surface area contributed by atoms with Crippen LogP contribution in [0.5, 0.6) is 11.5 Å². The number of hydrogen-bond donors (Lipinski definition) is 0. The smallest absolute Gasteiger partial charge is 0.387 e. The van der Waals surface area contributed by atoms with Crippen molar-refractivity contribution in [3.05, 3.63) is 76.0 Å². The molecule has 300 valence electrons. The summed E-state index contributed by atoms with van der Waals surface area (Å²) < 4.78 is 104. The van der Waals surface area contributed by atoms with Crippen LogP contribution in [0.15, 0.2) is 59.8 Å². The number of carbonyl (C=O) groups is 1. The van der Waals surface area contributed by atoms with Gasteiger partial charge in [0.05, 0.1) is 36.7 Å². The summed E-state index contributed by atoms with van der Waals surface area (Å²) in [6.07, 6.45) is 4.82. The second-order valence-corrected chi connectivity index (χ2v) is 19.0. The van der Waals surface area contributed by atoms with Gasteiger partial charge in [-0.15, -0.1) is 11.8 Å². The number of benzene rings is 2. The van der Waals surface area contributed by atoms with Gasteiger partial charge in [0.25, 0.3) is 0 Å².